The van der Waals surface area contributed by atoms with Crippen LogP contribution in [0.4, 0.5) is 25.2 Å². The van der Waals surface area contributed by atoms with Gasteiger partial charge in [0.05, 0.1) is 0 Å². The molecule has 5 nitrogen and oxygen atoms in total. The molecule has 0 aromatic rings. The molecular formula is C20H40F6N4OP2. The van der Waals surface area contributed by atoms with Gasteiger partial charge in [-0.1, -0.05) is 30.3 Å². The van der Waals surface area contributed by atoms with E-state index >= 15 is 0 Å². The molecule has 4 saturated heterocycles. The van der Waals surface area contributed by atoms with Crippen molar-refractivity contribution < 1.29 is 29.8 Å². The first-order valence-corrected chi connectivity index (χ1v) is 16.1. The molecule has 4 fully saturated rings. The Morgan fingerprint density at radius 1 is 0.424 bits per heavy atom. The van der Waals surface area contributed by atoms with Crippen LogP contribution in [0.3, 0.4) is 0 Å². The van der Waals surface area contributed by atoms with Crippen molar-refractivity contribution in [2.75, 3.05) is 52.4 Å². The first-order chi connectivity index (χ1) is 15.3. The minimum atomic E-state index is -10.7. The molecule has 0 aromatic heterocycles. The molecule has 4 aliphatic rings. The van der Waals surface area contributed by atoms with Crippen LogP contribution in [0.15, 0.2) is 0 Å². The average molecular weight is 529 g/mol. The molecule has 0 aliphatic carbocycles. The van der Waals surface area contributed by atoms with Gasteiger partial charge in [-0.15, -0.1) is 19.1 Å². The summed E-state index contributed by atoms with van der Waals surface area (Å²) in [7, 11) is -12.5. The summed E-state index contributed by atoms with van der Waals surface area (Å²) in [5.41, 5.74) is 0. The van der Waals surface area contributed by atoms with E-state index in [0.29, 0.717) is 0 Å². The summed E-state index contributed by atoms with van der Waals surface area (Å²) in [6.07, 6.45) is 16.3. The summed E-state index contributed by atoms with van der Waals surface area (Å²) < 4.78 is 74.9. The SMILES string of the molecule is C1CCN(O[P+](N2CCCCC2)(N2CCCCC2)N2CCCCC2)CC1.F[P-](F)(F)(F)(F)F. The van der Waals surface area contributed by atoms with Gasteiger partial charge in [0.25, 0.3) is 0 Å². The molecule has 4 rings (SSSR count). The van der Waals surface area contributed by atoms with Gasteiger partial charge in [-0.25, -0.2) is 0 Å². The molecule has 198 valence electrons. The van der Waals surface area contributed by atoms with Gasteiger partial charge in [0.2, 0.25) is 0 Å². The van der Waals surface area contributed by atoms with Crippen molar-refractivity contribution in [2.24, 2.45) is 0 Å². The fraction of sp³-hybridized carbons (Fsp3) is 1.00. The van der Waals surface area contributed by atoms with Crippen LogP contribution in [0.1, 0.15) is 77.0 Å². The van der Waals surface area contributed by atoms with Gasteiger partial charge in [0, 0.05) is 52.4 Å². The van der Waals surface area contributed by atoms with E-state index in [1.54, 1.807) is 0 Å². The zero-order chi connectivity index (χ0) is 24.1. The predicted octanol–water partition coefficient (Wildman–Crippen LogP) is 7.92. The Hall–Kier alpha value is 0.240. The quantitative estimate of drug-likeness (QED) is 0.266. The van der Waals surface area contributed by atoms with Gasteiger partial charge in [-0.3, -0.25) is 0 Å². The Bertz CT molecular complexity index is 546. The van der Waals surface area contributed by atoms with E-state index in [4.69, 9.17) is 4.62 Å². The number of hydroxylamine groups is 2. The zero-order valence-corrected chi connectivity index (χ0v) is 21.3. The fourth-order valence-electron chi connectivity index (χ4n) is 5.21. The average Bonchev–Trinajstić information content (AvgIpc) is 2.78. The van der Waals surface area contributed by atoms with Crippen molar-refractivity contribution in [1.29, 1.82) is 0 Å². The van der Waals surface area contributed by atoms with E-state index in [1.165, 1.54) is 116 Å². The molecule has 0 unspecified atom stereocenters. The van der Waals surface area contributed by atoms with Crippen molar-refractivity contribution in [3.63, 3.8) is 0 Å². The van der Waals surface area contributed by atoms with Crippen LogP contribution in [0.5, 0.6) is 0 Å². The monoisotopic (exact) mass is 528 g/mol. The Labute approximate surface area is 194 Å². The van der Waals surface area contributed by atoms with Crippen LogP contribution >= 0.6 is 15.8 Å². The van der Waals surface area contributed by atoms with Crippen molar-refractivity contribution >= 4 is 15.8 Å². The van der Waals surface area contributed by atoms with E-state index < -0.39 is 15.8 Å². The van der Waals surface area contributed by atoms with Crippen LogP contribution in [-0.2, 0) is 4.62 Å². The number of piperidine rings is 4. The number of nitrogens with zero attached hydrogens (tertiary/aromatic N) is 4. The Morgan fingerprint density at radius 3 is 0.939 bits per heavy atom. The summed E-state index contributed by atoms with van der Waals surface area (Å²) >= 11 is 0. The second kappa shape index (κ2) is 10.7. The second-order valence-corrected chi connectivity index (χ2v) is 14.4. The van der Waals surface area contributed by atoms with Gasteiger partial charge in [-0.05, 0) is 51.4 Å². The molecule has 0 aromatic carbocycles. The third-order valence-electron chi connectivity index (χ3n) is 6.64. The second-order valence-electron chi connectivity index (χ2n) is 9.59. The van der Waals surface area contributed by atoms with E-state index in [9.17, 15) is 25.2 Å². The number of hydrogen-bond acceptors (Lipinski definition) is 5. The maximum atomic E-state index is 9.87. The van der Waals surface area contributed by atoms with Crippen molar-refractivity contribution in [3.05, 3.63) is 0 Å². The fourth-order valence-corrected chi connectivity index (χ4v) is 9.47. The van der Waals surface area contributed by atoms with Crippen LogP contribution < -0.4 is 0 Å². The molecule has 0 saturated carbocycles. The Balaban J connectivity index is 0.000000383. The van der Waals surface area contributed by atoms with Crippen LogP contribution in [-0.4, -0.2) is 71.4 Å². The van der Waals surface area contributed by atoms with Crippen molar-refractivity contribution in [1.82, 2.24) is 19.1 Å². The Kier molecular flexibility index (Phi) is 9.02. The molecule has 4 heterocycles. The summed E-state index contributed by atoms with van der Waals surface area (Å²) in [5.74, 6) is 0. The number of halogens is 6. The van der Waals surface area contributed by atoms with E-state index in [1.807, 2.05) is 0 Å². The van der Waals surface area contributed by atoms with E-state index in [-0.39, 0.29) is 0 Å². The predicted molar refractivity (Wildman–Crippen MR) is 123 cm³/mol. The molecule has 0 atom stereocenters. The van der Waals surface area contributed by atoms with E-state index in [0.717, 1.165) is 13.1 Å². The third-order valence-corrected chi connectivity index (χ3v) is 10.5. The third kappa shape index (κ3) is 9.66. The first-order valence-electron chi connectivity index (χ1n) is 12.5. The topological polar surface area (TPSA) is 22.2 Å². The normalized spacial score (nSPS) is 27.8. The number of rotatable bonds is 5. The Morgan fingerprint density at radius 2 is 0.667 bits per heavy atom. The van der Waals surface area contributed by atoms with Crippen LogP contribution in [0.2, 0.25) is 0 Å². The van der Waals surface area contributed by atoms with Gasteiger partial charge in [0.1, 0.15) is 0 Å². The molecular weight excluding hydrogens is 488 g/mol. The van der Waals surface area contributed by atoms with Crippen LogP contribution in [0.25, 0.3) is 0 Å². The van der Waals surface area contributed by atoms with E-state index in [2.05, 4.69) is 19.1 Å². The molecule has 0 bridgehead atoms. The summed E-state index contributed by atoms with van der Waals surface area (Å²) in [5, 5.41) is 2.38. The van der Waals surface area contributed by atoms with Crippen molar-refractivity contribution in [3.8, 4) is 0 Å². The summed E-state index contributed by atoms with van der Waals surface area (Å²) in [6.45, 7) is 9.74. The molecule has 4 aliphatic heterocycles. The molecule has 33 heavy (non-hydrogen) atoms. The zero-order valence-electron chi connectivity index (χ0n) is 19.5. The first kappa shape index (κ1) is 27.8. The maximum absolute atomic E-state index is 10.7. The standard InChI is InChI=1S/C20H40N4OP.F6P/c1-5-13-21(14-6-1)25-26(22-15-7-2-8-16-22,23-17-9-3-10-18-23)24-19-11-4-12-20-24;1-7(2,3,4,5)6/h1-20H2;/q+1;-1. The minimum absolute atomic E-state index is 1.14. The van der Waals surface area contributed by atoms with Crippen molar-refractivity contribution in [2.45, 2.75) is 77.0 Å². The van der Waals surface area contributed by atoms with Crippen LogP contribution in [0, 0.1) is 0 Å². The summed E-state index contributed by atoms with van der Waals surface area (Å²) in [4.78, 5) is 0. The molecule has 13 heteroatoms. The van der Waals surface area contributed by atoms with Gasteiger partial charge >= 0.3 is 40.9 Å². The molecule has 0 radical (unpaired) electrons. The molecule has 0 spiro atoms. The summed E-state index contributed by atoms with van der Waals surface area (Å²) in [6, 6.07) is 0. The molecule has 0 amide bonds. The van der Waals surface area contributed by atoms with Gasteiger partial charge < -0.3 is 0 Å². The van der Waals surface area contributed by atoms with Gasteiger partial charge in [-0.2, -0.15) is 0 Å². The van der Waals surface area contributed by atoms with Gasteiger partial charge in [0.15, 0.2) is 0 Å². The molecule has 0 N–H and O–H groups in total. The number of hydrogen-bond donors (Lipinski definition) is 0.